The van der Waals surface area contributed by atoms with Crippen molar-refractivity contribution in [3.8, 4) is 0 Å². The molecule has 0 spiro atoms. The molecule has 1 rings (SSSR count). The van der Waals surface area contributed by atoms with E-state index in [9.17, 15) is 10.1 Å². The first kappa shape index (κ1) is 15.7. The van der Waals surface area contributed by atoms with Crippen LogP contribution >= 0.6 is 11.6 Å². The van der Waals surface area contributed by atoms with Crippen molar-refractivity contribution in [3.05, 3.63) is 27.4 Å². The van der Waals surface area contributed by atoms with Gasteiger partial charge in [0.15, 0.2) is 0 Å². The zero-order valence-corrected chi connectivity index (χ0v) is 12.1. The smallest absolute Gasteiger partial charge is 0.276 e. The fourth-order valence-electron chi connectivity index (χ4n) is 1.69. The Hall–Kier alpha value is -1.40. The highest BCUT2D eigenvalue weighted by atomic mass is 35.5. The van der Waals surface area contributed by atoms with Gasteiger partial charge >= 0.3 is 0 Å². The first-order valence-electron chi connectivity index (χ1n) is 6.07. The number of hydrogen-bond acceptors (Lipinski definition) is 5. The number of methoxy groups -OCH3 is 1. The van der Waals surface area contributed by atoms with Crippen molar-refractivity contribution in [3.63, 3.8) is 0 Å². The van der Waals surface area contributed by atoms with Crippen LogP contribution in [0.1, 0.15) is 20.3 Å². The van der Waals surface area contributed by atoms with Gasteiger partial charge in [0, 0.05) is 19.7 Å². The Kier molecular flexibility index (Phi) is 5.98. The number of pyridine rings is 1. The SMILES string of the molecule is CCC(C)N(CCOC)c1cc([N+](=O)[O-])cc(Cl)n1. The van der Waals surface area contributed by atoms with Gasteiger partial charge in [-0.3, -0.25) is 10.1 Å². The first-order valence-corrected chi connectivity index (χ1v) is 6.45. The lowest BCUT2D eigenvalue weighted by Crippen LogP contribution is -2.36. The van der Waals surface area contributed by atoms with Crippen LogP contribution in [0, 0.1) is 10.1 Å². The van der Waals surface area contributed by atoms with E-state index in [1.807, 2.05) is 18.7 Å². The molecule has 0 bridgehead atoms. The number of rotatable bonds is 7. The minimum Gasteiger partial charge on any atom is -0.383 e. The largest absolute Gasteiger partial charge is 0.383 e. The molecule has 1 unspecified atom stereocenters. The third-order valence-corrected chi connectivity index (χ3v) is 3.12. The van der Waals surface area contributed by atoms with Gasteiger partial charge in [0.25, 0.3) is 5.69 Å². The Morgan fingerprint density at radius 1 is 1.58 bits per heavy atom. The number of halogens is 1. The summed E-state index contributed by atoms with van der Waals surface area (Å²) in [6.45, 7) is 5.20. The quantitative estimate of drug-likeness (QED) is 0.438. The van der Waals surface area contributed by atoms with Crippen molar-refractivity contribution in [1.29, 1.82) is 0 Å². The van der Waals surface area contributed by atoms with Crippen molar-refractivity contribution in [2.75, 3.05) is 25.2 Å². The molecule has 19 heavy (non-hydrogen) atoms. The molecule has 0 fully saturated rings. The second-order valence-electron chi connectivity index (χ2n) is 4.21. The van der Waals surface area contributed by atoms with Crippen molar-refractivity contribution in [2.45, 2.75) is 26.3 Å². The number of anilines is 1. The first-order chi connectivity index (χ1) is 8.99. The molecule has 1 aromatic rings. The van der Waals surface area contributed by atoms with Crippen LogP contribution in [0.2, 0.25) is 5.15 Å². The Morgan fingerprint density at radius 2 is 2.26 bits per heavy atom. The molecule has 1 heterocycles. The monoisotopic (exact) mass is 287 g/mol. The van der Waals surface area contributed by atoms with Gasteiger partial charge in [0.05, 0.1) is 23.7 Å². The van der Waals surface area contributed by atoms with E-state index in [2.05, 4.69) is 4.98 Å². The summed E-state index contributed by atoms with van der Waals surface area (Å²) in [5.41, 5.74) is -0.0549. The lowest BCUT2D eigenvalue weighted by molar-refractivity contribution is -0.384. The van der Waals surface area contributed by atoms with Crippen LogP contribution in [-0.2, 0) is 4.74 Å². The summed E-state index contributed by atoms with van der Waals surface area (Å²) in [6, 6.07) is 2.88. The summed E-state index contributed by atoms with van der Waals surface area (Å²) >= 11 is 5.85. The fourth-order valence-corrected chi connectivity index (χ4v) is 1.89. The van der Waals surface area contributed by atoms with Gasteiger partial charge in [-0.15, -0.1) is 0 Å². The summed E-state index contributed by atoms with van der Waals surface area (Å²) in [5, 5.41) is 11.0. The molecule has 1 aromatic heterocycles. The number of ether oxygens (including phenoxy) is 1. The third-order valence-electron chi connectivity index (χ3n) is 2.93. The Bertz CT molecular complexity index is 442. The Labute approximate surface area is 117 Å². The summed E-state index contributed by atoms with van der Waals surface area (Å²) in [4.78, 5) is 16.5. The molecule has 0 aliphatic carbocycles. The molecule has 106 valence electrons. The molecule has 0 aliphatic heterocycles. The van der Waals surface area contributed by atoms with E-state index in [0.717, 1.165) is 6.42 Å². The van der Waals surface area contributed by atoms with Crippen LogP contribution < -0.4 is 4.90 Å². The average Bonchev–Trinajstić information content (AvgIpc) is 2.38. The molecule has 0 radical (unpaired) electrons. The van der Waals surface area contributed by atoms with E-state index < -0.39 is 4.92 Å². The summed E-state index contributed by atoms with van der Waals surface area (Å²) < 4.78 is 5.06. The summed E-state index contributed by atoms with van der Waals surface area (Å²) in [6.07, 6.45) is 0.895. The van der Waals surface area contributed by atoms with Gasteiger partial charge in [0.1, 0.15) is 11.0 Å². The topological polar surface area (TPSA) is 68.5 Å². The van der Waals surface area contributed by atoms with Crippen molar-refractivity contribution < 1.29 is 9.66 Å². The molecule has 6 nitrogen and oxygen atoms in total. The van der Waals surface area contributed by atoms with Crippen LogP contribution in [0.15, 0.2) is 12.1 Å². The summed E-state index contributed by atoms with van der Waals surface area (Å²) in [7, 11) is 1.61. The summed E-state index contributed by atoms with van der Waals surface area (Å²) in [5.74, 6) is 0.505. The molecule has 0 amide bonds. The number of nitrogens with zero attached hydrogens (tertiary/aromatic N) is 3. The average molecular weight is 288 g/mol. The lowest BCUT2D eigenvalue weighted by atomic mass is 10.2. The lowest BCUT2D eigenvalue weighted by Gasteiger charge is -2.29. The van der Waals surface area contributed by atoms with E-state index in [1.165, 1.54) is 12.1 Å². The number of hydrogen-bond donors (Lipinski definition) is 0. The van der Waals surface area contributed by atoms with Crippen LogP contribution in [0.5, 0.6) is 0 Å². The van der Waals surface area contributed by atoms with E-state index in [4.69, 9.17) is 16.3 Å². The van der Waals surface area contributed by atoms with Crippen LogP contribution in [0.4, 0.5) is 11.5 Å². The molecule has 0 N–H and O–H groups in total. The molecule has 0 saturated heterocycles. The minimum absolute atomic E-state index is 0.0549. The minimum atomic E-state index is -0.470. The van der Waals surface area contributed by atoms with Gasteiger partial charge in [-0.1, -0.05) is 18.5 Å². The Balaban J connectivity index is 3.10. The predicted octanol–water partition coefficient (Wildman–Crippen LogP) is 2.89. The second kappa shape index (κ2) is 7.25. The van der Waals surface area contributed by atoms with Gasteiger partial charge in [0.2, 0.25) is 0 Å². The van der Waals surface area contributed by atoms with Gasteiger partial charge in [-0.2, -0.15) is 0 Å². The molecular weight excluding hydrogens is 270 g/mol. The van der Waals surface area contributed by atoms with Crippen LogP contribution in [-0.4, -0.2) is 36.2 Å². The second-order valence-corrected chi connectivity index (χ2v) is 4.59. The van der Waals surface area contributed by atoms with E-state index >= 15 is 0 Å². The van der Waals surface area contributed by atoms with E-state index in [1.54, 1.807) is 7.11 Å². The molecular formula is C12H18ClN3O3. The van der Waals surface area contributed by atoms with Gasteiger partial charge in [-0.25, -0.2) is 4.98 Å². The van der Waals surface area contributed by atoms with Gasteiger partial charge < -0.3 is 9.64 Å². The highest BCUT2D eigenvalue weighted by Crippen LogP contribution is 2.25. The molecule has 1 atom stereocenters. The number of aromatic nitrogens is 1. The number of nitro groups is 1. The van der Waals surface area contributed by atoms with Crippen molar-refractivity contribution in [2.24, 2.45) is 0 Å². The highest BCUT2D eigenvalue weighted by molar-refractivity contribution is 6.29. The predicted molar refractivity (Wildman–Crippen MR) is 74.9 cm³/mol. The van der Waals surface area contributed by atoms with E-state index in [0.29, 0.717) is 19.0 Å². The maximum atomic E-state index is 10.9. The third kappa shape index (κ3) is 4.33. The zero-order chi connectivity index (χ0) is 14.4. The fraction of sp³-hybridized carbons (Fsp3) is 0.583. The molecule has 0 saturated carbocycles. The standard InChI is InChI=1S/C12H18ClN3O3/c1-4-9(2)15(5-6-19-3)12-8-10(16(17)18)7-11(13)14-12/h7-9H,4-6H2,1-3H3. The van der Waals surface area contributed by atoms with Crippen LogP contribution in [0.25, 0.3) is 0 Å². The zero-order valence-electron chi connectivity index (χ0n) is 11.3. The van der Waals surface area contributed by atoms with Crippen molar-refractivity contribution >= 4 is 23.1 Å². The highest BCUT2D eigenvalue weighted by Gasteiger charge is 2.18. The molecule has 7 heteroatoms. The van der Waals surface area contributed by atoms with Gasteiger partial charge in [-0.05, 0) is 13.3 Å². The van der Waals surface area contributed by atoms with E-state index in [-0.39, 0.29) is 16.9 Å². The maximum Gasteiger partial charge on any atom is 0.276 e. The van der Waals surface area contributed by atoms with Crippen molar-refractivity contribution in [1.82, 2.24) is 4.98 Å². The molecule has 0 aromatic carbocycles. The normalized spacial score (nSPS) is 12.2. The van der Waals surface area contributed by atoms with Crippen LogP contribution in [0.3, 0.4) is 0 Å². The molecule has 0 aliphatic rings. The maximum absolute atomic E-state index is 10.9. The Morgan fingerprint density at radius 3 is 2.79 bits per heavy atom.